The van der Waals surface area contributed by atoms with Crippen LogP contribution in [-0.2, 0) is 9.53 Å². The van der Waals surface area contributed by atoms with Crippen molar-refractivity contribution in [2.45, 2.75) is 39.2 Å². The highest BCUT2D eigenvalue weighted by molar-refractivity contribution is 7.99. The summed E-state index contributed by atoms with van der Waals surface area (Å²) in [5.41, 5.74) is 0. The van der Waals surface area contributed by atoms with Crippen LogP contribution in [0.25, 0.3) is 0 Å². The van der Waals surface area contributed by atoms with Crippen molar-refractivity contribution in [1.82, 2.24) is 0 Å². The molecule has 0 aromatic carbocycles. The Morgan fingerprint density at radius 1 is 1.43 bits per heavy atom. The van der Waals surface area contributed by atoms with Crippen LogP contribution in [0.5, 0.6) is 0 Å². The van der Waals surface area contributed by atoms with Gasteiger partial charge in [0.15, 0.2) is 5.78 Å². The van der Waals surface area contributed by atoms with E-state index in [0.717, 1.165) is 6.42 Å². The Kier molecular flexibility index (Phi) is 5.56. The normalized spacial score (nSPS) is 18.8. The quantitative estimate of drug-likeness (QED) is 0.706. The van der Waals surface area contributed by atoms with Gasteiger partial charge in [0, 0.05) is 6.42 Å². The maximum atomic E-state index is 11.5. The van der Waals surface area contributed by atoms with Gasteiger partial charge in [-0.15, -0.1) is 0 Å². The fraction of sp³-hybridized carbons (Fsp3) is 0.909. The number of ketones is 1. The zero-order valence-electron chi connectivity index (χ0n) is 9.12. The number of Topliss-reactive ketones (excluding diaryl/α,β-unsaturated/α-hetero) is 1. The van der Waals surface area contributed by atoms with Crippen molar-refractivity contribution in [1.29, 1.82) is 0 Å². The summed E-state index contributed by atoms with van der Waals surface area (Å²) in [6, 6.07) is 0. The summed E-state index contributed by atoms with van der Waals surface area (Å²) in [4.78, 5) is 11.5. The van der Waals surface area contributed by atoms with E-state index >= 15 is 0 Å². The van der Waals surface area contributed by atoms with Gasteiger partial charge in [-0.3, -0.25) is 4.79 Å². The molecule has 82 valence electrons. The third-order valence-electron chi connectivity index (χ3n) is 2.43. The maximum Gasteiger partial charge on any atom is 0.158 e. The Morgan fingerprint density at radius 3 is 2.64 bits per heavy atom. The molecular formula is C11H20O2S. The minimum absolute atomic E-state index is 0.167. The minimum Gasteiger partial charge on any atom is -0.371 e. The Labute approximate surface area is 90.8 Å². The van der Waals surface area contributed by atoms with E-state index in [1.807, 2.05) is 25.6 Å². The van der Waals surface area contributed by atoms with Gasteiger partial charge in [-0.05, 0) is 44.1 Å². The van der Waals surface area contributed by atoms with Crippen molar-refractivity contribution >= 4 is 17.5 Å². The fourth-order valence-corrected chi connectivity index (χ4v) is 2.80. The van der Waals surface area contributed by atoms with Crippen molar-refractivity contribution in [3.63, 3.8) is 0 Å². The lowest BCUT2D eigenvalue weighted by molar-refractivity contribution is -0.125. The highest BCUT2D eigenvalue weighted by Crippen LogP contribution is 2.25. The molecule has 2 nitrogen and oxygen atoms in total. The number of ether oxygens (including phenoxy) is 1. The molecule has 1 saturated heterocycles. The van der Waals surface area contributed by atoms with Crippen molar-refractivity contribution < 1.29 is 9.53 Å². The SMILES string of the molecule is CC(C)OCC(=O)CC1CCSCC1. The van der Waals surface area contributed by atoms with Crippen LogP contribution in [0, 0.1) is 5.92 Å². The van der Waals surface area contributed by atoms with E-state index in [9.17, 15) is 4.79 Å². The van der Waals surface area contributed by atoms with E-state index in [0.29, 0.717) is 12.5 Å². The predicted octanol–water partition coefficient (Wildman–Crippen LogP) is 2.51. The van der Waals surface area contributed by atoms with Gasteiger partial charge in [0.1, 0.15) is 6.61 Å². The van der Waals surface area contributed by atoms with Crippen LogP contribution in [0.3, 0.4) is 0 Å². The molecule has 14 heavy (non-hydrogen) atoms. The van der Waals surface area contributed by atoms with Crippen molar-refractivity contribution in [3.8, 4) is 0 Å². The zero-order valence-corrected chi connectivity index (χ0v) is 9.94. The van der Waals surface area contributed by atoms with Gasteiger partial charge in [-0.2, -0.15) is 11.8 Å². The van der Waals surface area contributed by atoms with Crippen LogP contribution in [0.2, 0.25) is 0 Å². The Hall–Kier alpha value is -0.0200. The van der Waals surface area contributed by atoms with Gasteiger partial charge < -0.3 is 4.74 Å². The molecule has 0 N–H and O–H groups in total. The standard InChI is InChI=1S/C11H20O2S/c1-9(2)13-8-11(12)7-10-3-5-14-6-4-10/h9-10H,3-8H2,1-2H3. The van der Waals surface area contributed by atoms with Crippen LogP contribution in [0.15, 0.2) is 0 Å². The van der Waals surface area contributed by atoms with Crippen LogP contribution >= 0.6 is 11.8 Å². The molecule has 1 fully saturated rings. The summed E-state index contributed by atoms with van der Waals surface area (Å²) in [7, 11) is 0. The molecule has 1 heterocycles. The topological polar surface area (TPSA) is 26.3 Å². The third kappa shape index (κ3) is 5.01. The number of hydrogen-bond donors (Lipinski definition) is 0. The van der Waals surface area contributed by atoms with E-state index in [1.54, 1.807) is 0 Å². The minimum atomic E-state index is 0.167. The lowest BCUT2D eigenvalue weighted by atomic mass is 9.97. The zero-order chi connectivity index (χ0) is 10.4. The first kappa shape index (κ1) is 12.1. The molecule has 0 amide bonds. The first-order chi connectivity index (χ1) is 6.68. The second-order valence-corrected chi connectivity index (χ2v) is 5.38. The van der Waals surface area contributed by atoms with Crippen molar-refractivity contribution in [3.05, 3.63) is 0 Å². The molecule has 0 bridgehead atoms. The first-order valence-electron chi connectivity index (χ1n) is 5.39. The monoisotopic (exact) mass is 216 g/mol. The molecule has 0 saturated carbocycles. The van der Waals surface area contributed by atoms with Crippen LogP contribution in [-0.4, -0.2) is 30.0 Å². The van der Waals surface area contributed by atoms with E-state index in [4.69, 9.17) is 4.74 Å². The van der Waals surface area contributed by atoms with Crippen LogP contribution in [0.1, 0.15) is 33.1 Å². The maximum absolute atomic E-state index is 11.5. The Bertz CT molecular complexity index is 174. The van der Waals surface area contributed by atoms with E-state index in [2.05, 4.69) is 0 Å². The summed E-state index contributed by atoms with van der Waals surface area (Å²) in [6.45, 7) is 4.23. The van der Waals surface area contributed by atoms with Gasteiger partial charge in [-0.1, -0.05) is 0 Å². The number of carbonyl (C=O) groups excluding carboxylic acids is 1. The number of hydrogen-bond acceptors (Lipinski definition) is 3. The molecule has 0 atom stereocenters. The molecule has 0 aromatic rings. The molecule has 0 spiro atoms. The summed E-state index contributed by atoms with van der Waals surface area (Å²) < 4.78 is 5.29. The first-order valence-corrected chi connectivity index (χ1v) is 6.55. The lowest BCUT2D eigenvalue weighted by Crippen LogP contribution is -2.19. The predicted molar refractivity (Wildman–Crippen MR) is 60.8 cm³/mol. The van der Waals surface area contributed by atoms with Gasteiger partial charge in [0.05, 0.1) is 6.10 Å². The van der Waals surface area contributed by atoms with Gasteiger partial charge >= 0.3 is 0 Å². The Balaban J connectivity index is 2.12. The second-order valence-electron chi connectivity index (χ2n) is 4.16. The van der Waals surface area contributed by atoms with E-state index < -0.39 is 0 Å². The number of rotatable bonds is 5. The average molecular weight is 216 g/mol. The van der Waals surface area contributed by atoms with Crippen LogP contribution in [0.4, 0.5) is 0 Å². The summed E-state index contributed by atoms with van der Waals surface area (Å²) in [5.74, 6) is 3.35. The second kappa shape index (κ2) is 6.46. The molecule has 0 aromatic heterocycles. The summed E-state index contributed by atoms with van der Waals surface area (Å²) >= 11 is 2.00. The highest BCUT2D eigenvalue weighted by Gasteiger charge is 2.17. The number of carbonyl (C=O) groups is 1. The molecule has 0 aliphatic carbocycles. The fourth-order valence-electron chi connectivity index (χ4n) is 1.59. The van der Waals surface area contributed by atoms with E-state index in [1.165, 1.54) is 24.3 Å². The van der Waals surface area contributed by atoms with Gasteiger partial charge in [0.2, 0.25) is 0 Å². The van der Waals surface area contributed by atoms with Crippen molar-refractivity contribution in [2.75, 3.05) is 18.1 Å². The summed E-state index contributed by atoms with van der Waals surface area (Å²) in [5, 5.41) is 0. The summed E-state index contributed by atoms with van der Waals surface area (Å²) in [6.07, 6.45) is 3.31. The molecule has 3 heteroatoms. The lowest BCUT2D eigenvalue weighted by Gasteiger charge is -2.20. The smallest absolute Gasteiger partial charge is 0.158 e. The van der Waals surface area contributed by atoms with Crippen LogP contribution < -0.4 is 0 Å². The van der Waals surface area contributed by atoms with Gasteiger partial charge in [-0.25, -0.2) is 0 Å². The molecule has 0 radical (unpaired) electrons. The van der Waals surface area contributed by atoms with Gasteiger partial charge in [0.25, 0.3) is 0 Å². The average Bonchev–Trinajstić information content (AvgIpc) is 2.16. The number of thioether (sulfide) groups is 1. The van der Waals surface area contributed by atoms with Crippen molar-refractivity contribution in [2.24, 2.45) is 5.92 Å². The third-order valence-corrected chi connectivity index (χ3v) is 3.48. The largest absolute Gasteiger partial charge is 0.371 e. The Morgan fingerprint density at radius 2 is 2.07 bits per heavy atom. The molecule has 1 aliphatic rings. The highest BCUT2D eigenvalue weighted by atomic mass is 32.2. The molecular weight excluding hydrogens is 196 g/mol. The molecule has 1 aliphatic heterocycles. The molecule has 1 rings (SSSR count). The molecule has 0 unspecified atom stereocenters. The van der Waals surface area contributed by atoms with E-state index in [-0.39, 0.29) is 11.9 Å².